The molecule has 1 aliphatic rings. The topological polar surface area (TPSA) is 39.1 Å². The minimum Gasteiger partial charge on any atom is -0.369 e. The van der Waals surface area contributed by atoms with E-state index >= 15 is 0 Å². The van der Waals surface area contributed by atoms with Crippen molar-refractivity contribution in [2.45, 2.75) is 6.92 Å². The van der Waals surface area contributed by atoms with Crippen LogP contribution in [0.4, 0.5) is 0 Å². The number of allylic oxidation sites excluding steroid dienone is 4. The first-order valence-corrected chi connectivity index (χ1v) is 5.17. The lowest BCUT2D eigenvalue weighted by atomic mass is 10.2. The molecular formula is C12H17N3. The van der Waals surface area contributed by atoms with Crippen molar-refractivity contribution in [3.05, 3.63) is 36.1 Å². The van der Waals surface area contributed by atoms with Gasteiger partial charge in [-0.25, -0.2) is 0 Å². The fourth-order valence-electron chi connectivity index (χ4n) is 1.44. The molecule has 1 aliphatic heterocycles. The standard InChI is InChI=1S/C12H17N3/c1-3-12(10-13)5-4-11(2)15-8-6-14-7-9-15/h3-5,14H,2,6-9H2,1H3/b5-4-,12-3+. The first-order chi connectivity index (χ1) is 7.27. The average molecular weight is 203 g/mol. The van der Waals surface area contributed by atoms with Gasteiger partial charge in [-0.05, 0) is 19.1 Å². The van der Waals surface area contributed by atoms with Crippen LogP contribution >= 0.6 is 0 Å². The second-order valence-corrected chi connectivity index (χ2v) is 3.42. The fourth-order valence-corrected chi connectivity index (χ4v) is 1.44. The van der Waals surface area contributed by atoms with Gasteiger partial charge in [0.1, 0.15) is 0 Å². The second kappa shape index (κ2) is 6.05. The predicted octanol–water partition coefficient (Wildman–Crippen LogP) is 1.43. The lowest BCUT2D eigenvalue weighted by molar-refractivity contribution is 0.308. The summed E-state index contributed by atoms with van der Waals surface area (Å²) in [5, 5.41) is 12.0. The molecule has 1 heterocycles. The van der Waals surface area contributed by atoms with Gasteiger partial charge in [0.2, 0.25) is 0 Å². The van der Waals surface area contributed by atoms with Crippen LogP contribution in [0.3, 0.4) is 0 Å². The summed E-state index contributed by atoms with van der Waals surface area (Å²) in [5.74, 6) is 0. The van der Waals surface area contributed by atoms with E-state index in [4.69, 9.17) is 5.26 Å². The third kappa shape index (κ3) is 3.61. The minimum atomic E-state index is 0.672. The van der Waals surface area contributed by atoms with Crippen LogP contribution in [0, 0.1) is 11.3 Å². The fraction of sp³-hybridized carbons (Fsp3) is 0.417. The van der Waals surface area contributed by atoms with Crippen molar-refractivity contribution in [3.63, 3.8) is 0 Å². The molecule has 1 saturated heterocycles. The molecule has 0 aromatic rings. The number of hydrogen-bond acceptors (Lipinski definition) is 3. The average Bonchev–Trinajstić information content (AvgIpc) is 2.31. The number of nitrogens with zero attached hydrogens (tertiary/aromatic N) is 2. The zero-order valence-electron chi connectivity index (χ0n) is 9.16. The van der Waals surface area contributed by atoms with E-state index in [0.29, 0.717) is 5.57 Å². The van der Waals surface area contributed by atoms with Crippen LogP contribution < -0.4 is 5.32 Å². The summed E-state index contributed by atoms with van der Waals surface area (Å²) in [6.45, 7) is 9.83. The summed E-state index contributed by atoms with van der Waals surface area (Å²) in [6.07, 6.45) is 5.51. The van der Waals surface area contributed by atoms with Crippen LogP contribution in [0.2, 0.25) is 0 Å². The first-order valence-electron chi connectivity index (χ1n) is 5.17. The zero-order valence-corrected chi connectivity index (χ0v) is 9.16. The summed E-state index contributed by atoms with van der Waals surface area (Å²) in [6, 6.07) is 2.11. The molecule has 0 atom stereocenters. The van der Waals surface area contributed by atoms with Crippen LogP contribution in [0.1, 0.15) is 6.92 Å². The Morgan fingerprint density at radius 2 is 2.07 bits per heavy atom. The molecule has 0 spiro atoms. The highest BCUT2D eigenvalue weighted by Crippen LogP contribution is 2.06. The number of piperazine rings is 1. The Hall–Kier alpha value is -1.53. The van der Waals surface area contributed by atoms with Gasteiger partial charge in [0, 0.05) is 37.4 Å². The van der Waals surface area contributed by atoms with Gasteiger partial charge in [0.05, 0.1) is 6.07 Å². The Morgan fingerprint density at radius 3 is 2.60 bits per heavy atom. The molecule has 0 bridgehead atoms. The van der Waals surface area contributed by atoms with Crippen molar-refractivity contribution in [3.8, 4) is 6.07 Å². The summed E-state index contributed by atoms with van der Waals surface area (Å²) in [7, 11) is 0. The van der Waals surface area contributed by atoms with Crippen molar-refractivity contribution in [1.29, 1.82) is 5.26 Å². The molecule has 0 amide bonds. The normalized spacial score (nSPS) is 17.9. The maximum absolute atomic E-state index is 8.73. The molecule has 0 aliphatic carbocycles. The van der Waals surface area contributed by atoms with Gasteiger partial charge in [-0.2, -0.15) is 5.26 Å². The molecule has 15 heavy (non-hydrogen) atoms. The molecular weight excluding hydrogens is 186 g/mol. The molecule has 0 radical (unpaired) electrons. The zero-order chi connectivity index (χ0) is 11.1. The summed E-state index contributed by atoms with van der Waals surface area (Å²) in [5.41, 5.74) is 1.65. The van der Waals surface area contributed by atoms with Crippen molar-refractivity contribution < 1.29 is 0 Å². The van der Waals surface area contributed by atoms with Gasteiger partial charge >= 0.3 is 0 Å². The van der Waals surface area contributed by atoms with Crippen LogP contribution in [-0.4, -0.2) is 31.1 Å². The van der Waals surface area contributed by atoms with E-state index in [2.05, 4.69) is 22.9 Å². The van der Waals surface area contributed by atoms with E-state index in [9.17, 15) is 0 Å². The lowest BCUT2D eigenvalue weighted by Gasteiger charge is -2.29. The van der Waals surface area contributed by atoms with Crippen LogP contribution in [0.15, 0.2) is 36.1 Å². The number of rotatable bonds is 3. The molecule has 80 valence electrons. The van der Waals surface area contributed by atoms with Gasteiger partial charge < -0.3 is 10.2 Å². The molecule has 3 nitrogen and oxygen atoms in total. The van der Waals surface area contributed by atoms with E-state index in [1.807, 2.05) is 19.1 Å². The van der Waals surface area contributed by atoms with E-state index in [1.54, 1.807) is 6.08 Å². The van der Waals surface area contributed by atoms with Crippen LogP contribution in [0.5, 0.6) is 0 Å². The number of nitrogens with one attached hydrogen (secondary N) is 1. The quantitative estimate of drug-likeness (QED) is 0.557. The van der Waals surface area contributed by atoms with Gasteiger partial charge in [-0.15, -0.1) is 0 Å². The van der Waals surface area contributed by atoms with Crippen LogP contribution in [-0.2, 0) is 0 Å². The molecule has 0 aromatic heterocycles. The molecule has 3 heteroatoms. The maximum Gasteiger partial charge on any atom is 0.0988 e. The van der Waals surface area contributed by atoms with E-state index in [-0.39, 0.29) is 0 Å². The lowest BCUT2D eigenvalue weighted by Crippen LogP contribution is -2.42. The Balaban J connectivity index is 2.51. The van der Waals surface area contributed by atoms with Crippen molar-refractivity contribution in [1.82, 2.24) is 10.2 Å². The van der Waals surface area contributed by atoms with Gasteiger partial charge in [-0.1, -0.05) is 12.7 Å². The largest absolute Gasteiger partial charge is 0.369 e. The van der Waals surface area contributed by atoms with Crippen molar-refractivity contribution in [2.75, 3.05) is 26.2 Å². The third-order valence-electron chi connectivity index (χ3n) is 2.42. The summed E-state index contributed by atoms with van der Waals surface area (Å²) >= 11 is 0. The smallest absolute Gasteiger partial charge is 0.0988 e. The summed E-state index contributed by atoms with van der Waals surface area (Å²) < 4.78 is 0. The molecule has 1 N–H and O–H groups in total. The van der Waals surface area contributed by atoms with E-state index < -0.39 is 0 Å². The highest BCUT2D eigenvalue weighted by molar-refractivity contribution is 5.35. The predicted molar refractivity (Wildman–Crippen MR) is 62.1 cm³/mol. The number of hydrogen-bond donors (Lipinski definition) is 1. The van der Waals surface area contributed by atoms with Gasteiger partial charge in [0.25, 0.3) is 0 Å². The monoisotopic (exact) mass is 203 g/mol. The molecule has 1 fully saturated rings. The highest BCUT2D eigenvalue weighted by Gasteiger charge is 2.08. The molecule has 1 rings (SSSR count). The van der Waals surface area contributed by atoms with Gasteiger partial charge in [-0.3, -0.25) is 0 Å². The number of nitriles is 1. The van der Waals surface area contributed by atoms with Crippen LogP contribution in [0.25, 0.3) is 0 Å². The minimum absolute atomic E-state index is 0.672. The Morgan fingerprint density at radius 1 is 1.40 bits per heavy atom. The van der Waals surface area contributed by atoms with Crippen molar-refractivity contribution in [2.24, 2.45) is 0 Å². The second-order valence-electron chi connectivity index (χ2n) is 3.42. The maximum atomic E-state index is 8.73. The van der Waals surface area contributed by atoms with E-state index in [1.165, 1.54) is 0 Å². The van der Waals surface area contributed by atoms with Crippen molar-refractivity contribution >= 4 is 0 Å². The molecule has 0 unspecified atom stereocenters. The Bertz CT molecular complexity index is 314. The first kappa shape index (κ1) is 11.5. The summed E-state index contributed by atoms with van der Waals surface area (Å²) in [4.78, 5) is 2.22. The highest BCUT2D eigenvalue weighted by atomic mass is 15.2. The molecule has 0 aromatic carbocycles. The van der Waals surface area contributed by atoms with Gasteiger partial charge in [0.15, 0.2) is 0 Å². The third-order valence-corrected chi connectivity index (χ3v) is 2.42. The Labute approximate surface area is 91.4 Å². The Kier molecular flexibility index (Phi) is 4.65. The SMILES string of the molecule is C=C(/C=C\C(C#N)=C/C)N1CCNCC1. The van der Waals surface area contributed by atoms with E-state index in [0.717, 1.165) is 31.9 Å². The molecule has 0 saturated carbocycles.